The fourth-order valence-electron chi connectivity index (χ4n) is 2.22. The third kappa shape index (κ3) is 2.56. The number of hydrogen-bond acceptors (Lipinski definition) is 2. The van der Waals surface area contributed by atoms with Gasteiger partial charge in [-0.2, -0.15) is 0 Å². The van der Waals surface area contributed by atoms with Crippen LogP contribution in [0.15, 0.2) is 12.1 Å². The van der Waals surface area contributed by atoms with Crippen molar-refractivity contribution in [3.05, 3.63) is 28.8 Å². The summed E-state index contributed by atoms with van der Waals surface area (Å²) < 4.78 is 6.09. The van der Waals surface area contributed by atoms with Crippen LogP contribution in [-0.2, 0) is 0 Å². The van der Waals surface area contributed by atoms with Crippen molar-refractivity contribution in [3.8, 4) is 5.75 Å². The zero-order valence-electron chi connectivity index (χ0n) is 10.5. The molecule has 88 valence electrons. The van der Waals surface area contributed by atoms with Crippen molar-refractivity contribution < 1.29 is 4.74 Å². The Morgan fingerprint density at radius 2 is 2.06 bits per heavy atom. The molecule has 0 saturated carbocycles. The summed E-state index contributed by atoms with van der Waals surface area (Å²) in [5.74, 6) is 1.06. The largest absolute Gasteiger partial charge is 0.489 e. The first-order valence-electron chi connectivity index (χ1n) is 6.12. The number of piperidine rings is 1. The summed E-state index contributed by atoms with van der Waals surface area (Å²) in [5.41, 5.74) is 3.87. The minimum Gasteiger partial charge on any atom is -0.489 e. The highest BCUT2D eigenvalue weighted by atomic mass is 16.5. The van der Waals surface area contributed by atoms with Crippen molar-refractivity contribution in [2.75, 3.05) is 13.1 Å². The predicted molar refractivity (Wildman–Crippen MR) is 67.2 cm³/mol. The van der Waals surface area contributed by atoms with Crippen LogP contribution in [0.2, 0.25) is 0 Å². The number of rotatable bonds is 2. The molecule has 1 aliphatic heterocycles. The van der Waals surface area contributed by atoms with Crippen molar-refractivity contribution in [2.24, 2.45) is 0 Å². The predicted octanol–water partition coefficient (Wildman–Crippen LogP) is 2.74. The fourth-order valence-corrected chi connectivity index (χ4v) is 2.22. The number of benzene rings is 1. The van der Waals surface area contributed by atoms with Crippen molar-refractivity contribution in [1.29, 1.82) is 0 Å². The van der Waals surface area contributed by atoms with Crippen LogP contribution in [0.3, 0.4) is 0 Å². The first-order chi connectivity index (χ1) is 7.66. The highest BCUT2D eigenvalue weighted by molar-refractivity contribution is 5.42. The van der Waals surface area contributed by atoms with Crippen molar-refractivity contribution >= 4 is 0 Å². The zero-order chi connectivity index (χ0) is 11.5. The van der Waals surface area contributed by atoms with Gasteiger partial charge in [0.05, 0.1) is 0 Å². The molecule has 2 heteroatoms. The SMILES string of the molecule is Cc1cc(C)c(C)c(O[C@H]2CCCNC2)c1. The smallest absolute Gasteiger partial charge is 0.123 e. The number of aryl methyl sites for hydroxylation is 2. The molecular weight excluding hydrogens is 198 g/mol. The lowest BCUT2D eigenvalue weighted by Crippen LogP contribution is -2.37. The molecule has 2 nitrogen and oxygen atoms in total. The minimum atomic E-state index is 0.341. The van der Waals surface area contributed by atoms with Gasteiger partial charge in [-0.3, -0.25) is 0 Å². The summed E-state index contributed by atoms with van der Waals surface area (Å²) in [4.78, 5) is 0. The molecule has 1 N–H and O–H groups in total. The third-order valence-electron chi connectivity index (χ3n) is 3.31. The summed E-state index contributed by atoms with van der Waals surface area (Å²) in [6.07, 6.45) is 2.72. The molecule has 1 aromatic rings. The van der Waals surface area contributed by atoms with Crippen molar-refractivity contribution in [1.82, 2.24) is 5.32 Å². The van der Waals surface area contributed by atoms with Crippen molar-refractivity contribution in [2.45, 2.75) is 39.7 Å². The van der Waals surface area contributed by atoms with E-state index in [0.717, 1.165) is 18.8 Å². The van der Waals surface area contributed by atoms with E-state index >= 15 is 0 Å². The van der Waals surface area contributed by atoms with E-state index in [0.29, 0.717) is 6.10 Å². The van der Waals surface area contributed by atoms with E-state index in [9.17, 15) is 0 Å². The number of nitrogens with one attached hydrogen (secondary N) is 1. The van der Waals surface area contributed by atoms with Gasteiger partial charge in [0.1, 0.15) is 11.9 Å². The van der Waals surface area contributed by atoms with E-state index in [1.165, 1.54) is 29.5 Å². The van der Waals surface area contributed by atoms with Gasteiger partial charge in [-0.05, 0) is 62.9 Å². The van der Waals surface area contributed by atoms with Gasteiger partial charge in [0.25, 0.3) is 0 Å². The van der Waals surface area contributed by atoms with E-state index in [1.54, 1.807) is 0 Å². The molecule has 0 aromatic heterocycles. The molecule has 16 heavy (non-hydrogen) atoms. The molecule has 0 aliphatic carbocycles. The molecule has 1 fully saturated rings. The van der Waals surface area contributed by atoms with E-state index in [-0.39, 0.29) is 0 Å². The molecule has 2 rings (SSSR count). The van der Waals surface area contributed by atoms with Crippen LogP contribution in [0.4, 0.5) is 0 Å². The molecule has 0 spiro atoms. The monoisotopic (exact) mass is 219 g/mol. The fraction of sp³-hybridized carbons (Fsp3) is 0.571. The Balaban J connectivity index is 2.13. The number of ether oxygens (including phenoxy) is 1. The Kier molecular flexibility index (Phi) is 3.49. The van der Waals surface area contributed by atoms with Gasteiger partial charge in [0.15, 0.2) is 0 Å². The lowest BCUT2D eigenvalue weighted by Gasteiger charge is -2.25. The van der Waals surface area contributed by atoms with Crippen LogP contribution in [0.5, 0.6) is 5.75 Å². The van der Waals surface area contributed by atoms with Gasteiger partial charge in [0.2, 0.25) is 0 Å². The van der Waals surface area contributed by atoms with Crippen LogP contribution in [0.1, 0.15) is 29.5 Å². The van der Waals surface area contributed by atoms with Gasteiger partial charge >= 0.3 is 0 Å². The summed E-state index contributed by atoms with van der Waals surface area (Å²) in [5, 5.41) is 3.38. The summed E-state index contributed by atoms with van der Waals surface area (Å²) in [6, 6.07) is 4.36. The van der Waals surface area contributed by atoms with Gasteiger partial charge in [0, 0.05) is 6.54 Å². The van der Waals surface area contributed by atoms with Gasteiger partial charge in [-0.1, -0.05) is 6.07 Å². The lowest BCUT2D eigenvalue weighted by molar-refractivity contribution is 0.166. The number of hydrogen-bond donors (Lipinski definition) is 1. The topological polar surface area (TPSA) is 21.3 Å². The molecule has 0 unspecified atom stereocenters. The van der Waals surface area contributed by atoms with Gasteiger partial charge in [-0.25, -0.2) is 0 Å². The summed E-state index contributed by atoms with van der Waals surface area (Å²) >= 11 is 0. The van der Waals surface area contributed by atoms with Crippen LogP contribution < -0.4 is 10.1 Å². The van der Waals surface area contributed by atoms with E-state index in [1.807, 2.05) is 0 Å². The molecule has 0 bridgehead atoms. The second kappa shape index (κ2) is 4.88. The molecule has 1 atom stereocenters. The highest BCUT2D eigenvalue weighted by Gasteiger charge is 2.15. The molecule has 0 radical (unpaired) electrons. The van der Waals surface area contributed by atoms with E-state index < -0.39 is 0 Å². The standard InChI is InChI=1S/C14H21NO/c1-10-7-11(2)12(3)14(8-10)16-13-5-4-6-15-9-13/h7-8,13,15H,4-6,9H2,1-3H3/t13-/m0/s1. The first kappa shape index (κ1) is 11.5. The molecule has 1 heterocycles. The van der Waals surface area contributed by atoms with E-state index in [4.69, 9.17) is 4.74 Å². The quantitative estimate of drug-likeness (QED) is 0.826. The maximum Gasteiger partial charge on any atom is 0.123 e. The second-order valence-electron chi connectivity index (χ2n) is 4.79. The zero-order valence-corrected chi connectivity index (χ0v) is 10.5. The Morgan fingerprint density at radius 1 is 1.25 bits per heavy atom. The summed E-state index contributed by atoms with van der Waals surface area (Å²) in [7, 11) is 0. The molecule has 1 aromatic carbocycles. The molecular formula is C14H21NO. The van der Waals surface area contributed by atoms with E-state index in [2.05, 4.69) is 38.2 Å². The molecule has 1 saturated heterocycles. The minimum absolute atomic E-state index is 0.341. The summed E-state index contributed by atoms with van der Waals surface area (Å²) in [6.45, 7) is 8.52. The maximum atomic E-state index is 6.09. The van der Waals surface area contributed by atoms with Gasteiger partial charge in [-0.15, -0.1) is 0 Å². The Morgan fingerprint density at radius 3 is 2.75 bits per heavy atom. The first-order valence-corrected chi connectivity index (χ1v) is 6.12. The average molecular weight is 219 g/mol. The second-order valence-corrected chi connectivity index (χ2v) is 4.79. The molecule has 1 aliphatic rings. The van der Waals surface area contributed by atoms with Gasteiger partial charge < -0.3 is 10.1 Å². The average Bonchev–Trinajstić information content (AvgIpc) is 2.27. The Bertz CT molecular complexity index is 367. The maximum absolute atomic E-state index is 6.09. The Labute approximate surface area is 98.0 Å². The lowest BCUT2D eigenvalue weighted by atomic mass is 10.1. The van der Waals surface area contributed by atoms with Crippen molar-refractivity contribution in [3.63, 3.8) is 0 Å². The van der Waals surface area contributed by atoms with Crippen LogP contribution >= 0.6 is 0 Å². The third-order valence-corrected chi connectivity index (χ3v) is 3.31. The molecule has 0 amide bonds. The van der Waals surface area contributed by atoms with Crippen LogP contribution in [-0.4, -0.2) is 19.2 Å². The van der Waals surface area contributed by atoms with Crippen LogP contribution in [0, 0.1) is 20.8 Å². The Hall–Kier alpha value is -1.02. The highest BCUT2D eigenvalue weighted by Crippen LogP contribution is 2.25. The normalized spacial score (nSPS) is 20.8. The van der Waals surface area contributed by atoms with Crippen LogP contribution in [0.25, 0.3) is 0 Å².